The molecule has 3 nitrogen and oxygen atoms in total. The summed E-state index contributed by atoms with van der Waals surface area (Å²) >= 11 is 0. The molecule has 1 fully saturated rings. The molecular weight excluding hydrogens is 212 g/mol. The molecule has 17 heavy (non-hydrogen) atoms. The number of carbonyl (C=O) groups is 1. The van der Waals surface area contributed by atoms with E-state index in [4.69, 9.17) is 5.73 Å². The highest BCUT2D eigenvalue weighted by Crippen LogP contribution is 2.47. The van der Waals surface area contributed by atoms with Crippen LogP contribution >= 0.6 is 0 Å². The summed E-state index contributed by atoms with van der Waals surface area (Å²) in [6, 6.07) is 10.8. The maximum absolute atomic E-state index is 10.8. The van der Waals surface area contributed by atoms with Crippen molar-refractivity contribution in [1.82, 2.24) is 5.32 Å². The van der Waals surface area contributed by atoms with Gasteiger partial charge in [-0.1, -0.05) is 30.3 Å². The SMILES string of the molecule is C[C@H](CC(N)=O)NCC1(c2ccccc2)CC1. The zero-order valence-electron chi connectivity index (χ0n) is 10.3. The zero-order valence-corrected chi connectivity index (χ0v) is 10.3. The van der Waals surface area contributed by atoms with Crippen molar-refractivity contribution in [2.24, 2.45) is 5.73 Å². The molecule has 0 saturated heterocycles. The summed E-state index contributed by atoms with van der Waals surface area (Å²) in [5.41, 5.74) is 6.88. The molecule has 0 bridgehead atoms. The first-order valence-corrected chi connectivity index (χ1v) is 6.20. The summed E-state index contributed by atoms with van der Waals surface area (Å²) < 4.78 is 0. The number of carbonyl (C=O) groups excluding carboxylic acids is 1. The van der Waals surface area contributed by atoms with Crippen LogP contribution in [0.3, 0.4) is 0 Å². The number of hydrogen-bond donors (Lipinski definition) is 2. The van der Waals surface area contributed by atoms with E-state index in [1.54, 1.807) is 0 Å². The number of hydrogen-bond acceptors (Lipinski definition) is 2. The lowest BCUT2D eigenvalue weighted by Gasteiger charge is -2.19. The molecule has 0 aromatic heterocycles. The molecule has 92 valence electrons. The molecule has 1 aliphatic rings. The van der Waals surface area contributed by atoms with E-state index >= 15 is 0 Å². The third-order valence-electron chi connectivity index (χ3n) is 3.54. The van der Waals surface area contributed by atoms with Gasteiger partial charge in [-0.15, -0.1) is 0 Å². The van der Waals surface area contributed by atoms with E-state index in [1.165, 1.54) is 18.4 Å². The quantitative estimate of drug-likeness (QED) is 0.782. The maximum Gasteiger partial charge on any atom is 0.218 e. The molecule has 0 radical (unpaired) electrons. The number of amides is 1. The van der Waals surface area contributed by atoms with Crippen molar-refractivity contribution >= 4 is 5.91 Å². The van der Waals surface area contributed by atoms with Crippen LogP contribution in [-0.4, -0.2) is 18.5 Å². The third kappa shape index (κ3) is 3.07. The second-order valence-electron chi connectivity index (χ2n) is 5.10. The number of benzene rings is 1. The van der Waals surface area contributed by atoms with Gasteiger partial charge >= 0.3 is 0 Å². The second-order valence-corrected chi connectivity index (χ2v) is 5.10. The monoisotopic (exact) mass is 232 g/mol. The van der Waals surface area contributed by atoms with Gasteiger partial charge in [0, 0.05) is 24.4 Å². The van der Waals surface area contributed by atoms with Crippen LogP contribution in [0.15, 0.2) is 30.3 Å². The molecule has 0 unspecified atom stereocenters. The number of primary amides is 1. The van der Waals surface area contributed by atoms with Gasteiger partial charge in [0.15, 0.2) is 0 Å². The molecule has 1 amide bonds. The Kier molecular flexibility index (Phi) is 3.48. The third-order valence-corrected chi connectivity index (χ3v) is 3.54. The Hall–Kier alpha value is -1.35. The summed E-state index contributed by atoms with van der Waals surface area (Å²) in [7, 11) is 0. The first-order chi connectivity index (χ1) is 8.12. The van der Waals surface area contributed by atoms with Crippen LogP contribution in [0.4, 0.5) is 0 Å². The predicted molar refractivity (Wildman–Crippen MR) is 68.6 cm³/mol. The minimum absolute atomic E-state index is 0.161. The van der Waals surface area contributed by atoms with Gasteiger partial charge < -0.3 is 11.1 Å². The minimum atomic E-state index is -0.241. The van der Waals surface area contributed by atoms with E-state index in [1.807, 2.05) is 13.0 Å². The highest BCUT2D eigenvalue weighted by molar-refractivity contribution is 5.74. The summed E-state index contributed by atoms with van der Waals surface area (Å²) in [5, 5.41) is 3.41. The van der Waals surface area contributed by atoms with Crippen LogP contribution in [0.2, 0.25) is 0 Å². The van der Waals surface area contributed by atoms with Gasteiger partial charge in [0.1, 0.15) is 0 Å². The van der Waals surface area contributed by atoms with Gasteiger partial charge in [-0.25, -0.2) is 0 Å². The number of nitrogens with two attached hydrogens (primary N) is 1. The Morgan fingerprint density at radius 3 is 2.59 bits per heavy atom. The first kappa shape index (κ1) is 12.1. The fourth-order valence-electron chi connectivity index (χ4n) is 2.25. The van der Waals surface area contributed by atoms with Crippen LogP contribution in [0.1, 0.15) is 31.7 Å². The molecule has 1 atom stereocenters. The summed E-state index contributed by atoms with van der Waals surface area (Å²) in [4.78, 5) is 10.8. The number of nitrogens with one attached hydrogen (secondary N) is 1. The zero-order chi connectivity index (χ0) is 12.3. The summed E-state index contributed by atoms with van der Waals surface area (Å²) in [6.07, 6.45) is 2.87. The Labute approximate surface area is 102 Å². The second kappa shape index (κ2) is 4.88. The van der Waals surface area contributed by atoms with E-state index < -0.39 is 0 Å². The van der Waals surface area contributed by atoms with E-state index in [9.17, 15) is 4.79 Å². The van der Waals surface area contributed by atoms with Gasteiger partial charge in [0.25, 0.3) is 0 Å². The summed E-state index contributed by atoms with van der Waals surface area (Å²) in [6.45, 7) is 2.94. The molecule has 1 aromatic rings. The molecule has 0 heterocycles. The van der Waals surface area contributed by atoms with Gasteiger partial charge in [-0.3, -0.25) is 4.79 Å². The fraction of sp³-hybridized carbons (Fsp3) is 0.500. The molecule has 0 spiro atoms. The normalized spacial score (nSPS) is 18.6. The Morgan fingerprint density at radius 1 is 1.41 bits per heavy atom. The minimum Gasteiger partial charge on any atom is -0.370 e. The lowest BCUT2D eigenvalue weighted by atomic mass is 9.95. The Morgan fingerprint density at radius 2 is 2.06 bits per heavy atom. The van der Waals surface area contributed by atoms with Crippen molar-refractivity contribution in [3.63, 3.8) is 0 Å². The van der Waals surface area contributed by atoms with Crippen molar-refractivity contribution in [1.29, 1.82) is 0 Å². The predicted octanol–water partition coefficient (Wildman–Crippen LogP) is 1.57. The Balaban J connectivity index is 1.89. The van der Waals surface area contributed by atoms with Gasteiger partial charge in [0.05, 0.1) is 0 Å². The highest BCUT2D eigenvalue weighted by Gasteiger charge is 2.43. The van der Waals surface area contributed by atoms with Gasteiger partial charge in [-0.2, -0.15) is 0 Å². The molecule has 1 saturated carbocycles. The maximum atomic E-state index is 10.8. The van der Waals surface area contributed by atoms with Crippen molar-refractivity contribution in [2.45, 2.75) is 37.6 Å². The van der Waals surface area contributed by atoms with Crippen molar-refractivity contribution in [3.8, 4) is 0 Å². The largest absolute Gasteiger partial charge is 0.370 e. The van der Waals surface area contributed by atoms with Gasteiger partial charge in [-0.05, 0) is 25.3 Å². The highest BCUT2D eigenvalue weighted by atomic mass is 16.1. The Bertz CT molecular complexity index is 384. The average Bonchev–Trinajstić information content (AvgIpc) is 3.08. The van der Waals surface area contributed by atoms with E-state index in [0.29, 0.717) is 11.8 Å². The average molecular weight is 232 g/mol. The smallest absolute Gasteiger partial charge is 0.218 e. The van der Waals surface area contributed by atoms with Crippen molar-refractivity contribution in [2.75, 3.05) is 6.54 Å². The molecule has 1 aromatic carbocycles. The van der Waals surface area contributed by atoms with Crippen molar-refractivity contribution in [3.05, 3.63) is 35.9 Å². The lowest BCUT2D eigenvalue weighted by molar-refractivity contribution is -0.118. The molecule has 3 N–H and O–H groups in total. The fourth-order valence-corrected chi connectivity index (χ4v) is 2.25. The molecular formula is C14H20N2O. The molecule has 2 rings (SSSR count). The first-order valence-electron chi connectivity index (χ1n) is 6.20. The lowest BCUT2D eigenvalue weighted by Crippen LogP contribution is -2.36. The summed E-state index contributed by atoms with van der Waals surface area (Å²) in [5.74, 6) is -0.241. The van der Waals surface area contributed by atoms with E-state index in [2.05, 4.69) is 29.6 Å². The van der Waals surface area contributed by atoms with Crippen LogP contribution in [-0.2, 0) is 10.2 Å². The van der Waals surface area contributed by atoms with Crippen LogP contribution in [0.5, 0.6) is 0 Å². The number of rotatable bonds is 6. The molecule has 0 aliphatic heterocycles. The standard InChI is InChI=1S/C14H20N2O/c1-11(9-13(15)17)16-10-14(7-8-14)12-5-3-2-4-6-12/h2-6,11,16H,7-10H2,1H3,(H2,15,17)/t11-/m1/s1. The molecule has 3 heteroatoms. The van der Waals surface area contributed by atoms with Crippen molar-refractivity contribution < 1.29 is 4.79 Å². The topological polar surface area (TPSA) is 55.1 Å². The van der Waals surface area contributed by atoms with Crippen LogP contribution in [0, 0.1) is 0 Å². The van der Waals surface area contributed by atoms with Crippen LogP contribution in [0.25, 0.3) is 0 Å². The van der Waals surface area contributed by atoms with E-state index in [-0.39, 0.29) is 11.9 Å². The van der Waals surface area contributed by atoms with Crippen LogP contribution < -0.4 is 11.1 Å². The molecule has 1 aliphatic carbocycles. The van der Waals surface area contributed by atoms with E-state index in [0.717, 1.165) is 6.54 Å². The van der Waals surface area contributed by atoms with Gasteiger partial charge in [0.2, 0.25) is 5.91 Å².